The zero-order valence-corrected chi connectivity index (χ0v) is 18.0. The number of amides is 2. The average Bonchev–Trinajstić information content (AvgIpc) is 2.89. The maximum Gasteiger partial charge on any atom is 0.257 e. The van der Waals surface area contributed by atoms with Crippen molar-refractivity contribution in [3.63, 3.8) is 0 Å². The molecule has 3 N–H and O–H groups in total. The minimum Gasteiger partial charge on any atom is -0.369 e. The summed E-state index contributed by atoms with van der Waals surface area (Å²) in [4.78, 5) is 31.8. The van der Waals surface area contributed by atoms with Crippen LogP contribution in [-0.2, 0) is 9.59 Å². The standard InChI is InChI=1S/C22H40N4O2/c1-3-5-14-22(15-6-4-2)20(28)26(21(23)25-22)17-11-16-24-19(27)18-12-9-7-8-10-13-18/h18H,3-17H2,1-2H3,(H2,23,25)(H,24,27). The van der Waals surface area contributed by atoms with E-state index >= 15 is 0 Å². The van der Waals surface area contributed by atoms with Crippen LogP contribution in [0.25, 0.3) is 0 Å². The Labute approximate surface area is 170 Å². The Bertz CT molecular complexity index is 531. The molecule has 1 aliphatic heterocycles. The summed E-state index contributed by atoms with van der Waals surface area (Å²) in [6.45, 7) is 5.38. The number of guanidine groups is 1. The van der Waals surface area contributed by atoms with Crippen LogP contribution in [-0.4, -0.2) is 41.3 Å². The van der Waals surface area contributed by atoms with Crippen molar-refractivity contribution >= 4 is 17.8 Å². The number of nitrogens with two attached hydrogens (primary N) is 1. The second kappa shape index (κ2) is 11.4. The molecule has 1 heterocycles. The van der Waals surface area contributed by atoms with E-state index in [1.165, 1.54) is 12.8 Å². The van der Waals surface area contributed by atoms with E-state index in [4.69, 9.17) is 5.73 Å². The van der Waals surface area contributed by atoms with E-state index in [1.54, 1.807) is 4.90 Å². The molecular weight excluding hydrogens is 352 g/mol. The monoisotopic (exact) mass is 392 g/mol. The largest absolute Gasteiger partial charge is 0.369 e. The van der Waals surface area contributed by atoms with Gasteiger partial charge >= 0.3 is 0 Å². The van der Waals surface area contributed by atoms with Crippen LogP contribution in [0.15, 0.2) is 4.99 Å². The van der Waals surface area contributed by atoms with Crippen LogP contribution < -0.4 is 11.1 Å². The first-order chi connectivity index (χ1) is 13.5. The van der Waals surface area contributed by atoms with Gasteiger partial charge in [0.1, 0.15) is 5.54 Å². The predicted molar refractivity (Wildman–Crippen MR) is 114 cm³/mol. The number of rotatable bonds is 11. The Hall–Kier alpha value is -1.59. The number of carbonyl (C=O) groups excluding carboxylic acids is 2. The fourth-order valence-electron chi connectivity index (χ4n) is 4.42. The van der Waals surface area contributed by atoms with Crippen molar-refractivity contribution in [1.29, 1.82) is 0 Å². The van der Waals surface area contributed by atoms with Crippen LogP contribution in [0.1, 0.15) is 97.3 Å². The first-order valence-corrected chi connectivity index (χ1v) is 11.5. The molecule has 0 unspecified atom stereocenters. The van der Waals surface area contributed by atoms with E-state index in [-0.39, 0.29) is 17.7 Å². The van der Waals surface area contributed by atoms with Gasteiger partial charge < -0.3 is 11.1 Å². The highest BCUT2D eigenvalue weighted by Crippen LogP contribution is 2.32. The molecule has 1 aliphatic carbocycles. The molecule has 0 radical (unpaired) electrons. The smallest absolute Gasteiger partial charge is 0.257 e. The molecule has 1 fully saturated rings. The molecular formula is C22H40N4O2. The molecule has 2 amide bonds. The van der Waals surface area contributed by atoms with Crippen LogP contribution in [0.3, 0.4) is 0 Å². The molecule has 28 heavy (non-hydrogen) atoms. The van der Waals surface area contributed by atoms with Gasteiger partial charge in [-0.25, -0.2) is 4.99 Å². The van der Waals surface area contributed by atoms with Gasteiger partial charge in [0.15, 0.2) is 5.96 Å². The van der Waals surface area contributed by atoms with Crippen LogP contribution >= 0.6 is 0 Å². The summed E-state index contributed by atoms with van der Waals surface area (Å²) in [7, 11) is 0. The highest BCUT2D eigenvalue weighted by atomic mass is 16.2. The summed E-state index contributed by atoms with van der Waals surface area (Å²) in [6, 6.07) is 0. The maximum absolute atomic E-state index is 13.1. The number of unbranched alkanes of at least 4 members (excludes halogenated alkanes) is 2. The highest BCUT2D eigenvalue weighted by molar-refractivity contribution is 6.06. The van der Waals surface area contributed by atoms with E-state index in [1.807, 2.05) is 0 Å². The molecule has 6 nitrogen and oxygen atoms in total. The maximum atomic E-state index is 13.1. The molecule has 2 aliphatic rings. The molecule has 0 saturated heterocycles. The topological polar surface area (TPSA) is 87.8 Å². The molecule has 0 aromatic rings. The second-order valence-corrected chi connectivity index (χ2v) is 8.50. The lowest BCUT2D eigenvalue weighted by Gasteiger charge is -2.26. The van der Waals surface area contributed by atoms with Gasteiger partial charge in [-0.2, -0.15) is 0 Å². The van der Waals surface area contributed by atoms with Gasteiger partial charge in [0.05, 0.1) is 0 Å². The Morgan fingerprint density at radius 2 is 1.71 bits per heavy atom. The van der Waals surface area contributed by atoms with Crippen molar-refractivity contribution in [1.82, 2.24) is 10.2 Å². The number of nitrogens with one attached hydrogen (secondary N) is 1. The van der Waals surface area contributed by atoms with Gasteiger partial charge in [-0.05, 0) is 32.1 Å². The third kappa shape index (κ3) is 5.95. The Morgan fingerprint density at radius 3 is 2.29 bits per heavy atom. The number of hydrogen-bond acceptors (Lipinski definition) is 4. The molecule has 0 bridgehead atoms. The zero-order chi connectivity index (χ0) is 20.4. The Morgan fingerprint density at radius 1 is 1.11 bits per heavy atom. The lowest BCUT2D eigenvalue weighted by Crippen LogP contribution is -2.45. The van der Waals surface area contributed by atoms with Gasteiger partial charge in [0.25, 0.3) is 5.91 Å². The normalized spacial score (nSPS) is 20.1. The molecule has 2 rings (SSSR count). The summed E-state index contributed by atoms with van der Waals surface area (Å²) in [5.41, 5.74) is 5.48. The number of carbonyl (C=O) groups is 2. The van der Waals surface area contributed by atoms with Gasteiger partial charge in [-0.15, -0.1) is 0 Å². The number of hydrogen-bond donors (Lipinski definition) is 2. The number of aliphatic imine (C=N–C) groups is 1. The fraction of sp³-hybridized carbons (Fsp3) is 0.864. The van der Waals surface area contributed by atoms with E-state index in [2.05, 4.69) is 24.2 Å². The van der Waals surface area contributed by atoms with Crippen LogP contribution in [0.4, 0.5) is 0 Å². The SMILES string of the molecule is CCCCC1(CCCC)N=C(N)N(CCCNC(=O)C2CCCCCC2)C1=O. The van der Waals surface area contributed by atoms with Crippen LogP contribution in [0.5, 0.6) is 0 Å². The first kappa shape index (κ1) is 22.7. The Balaban J connectivity index is 1.82. The zero-order valence-electron chi connectivity index (χ0n) is 18.0. The van der Waals surface area contributed by atoms with Gasteiger partial charge in [0.2, 0.25) is 5.91 Å². The summed E-state index contributed by atoms with van der Waals surface area (Å²) in [6.07, 6.45) is 13.1. The van der Waals surface area contributed by atoms with Crippen molar-refractivity contribution in [2.24, 2.45) is 16.6 Å². The Kier molecular flexibility index (Phi) is 9.26. The first-order valence-electron chi connectivity index (χ1n) is 11.5. The molecule has 0 aromatic heterocycles. The van der Waals surface area contributed by atoms with Crippen molar-refractivity contribution in [2.45, 2.75) is 103 Å². The molecule has 6 heteroatoms. The summed E-state index contributed by atoms with van der Waals surface area (Å²) >= 11 is 0. The third-order valence-corrected chi connectivity index (χ3v) is 6.22. The second-order valence-electron chi connectivity index (χ2n) is 8.50. The van der Waals surface area contributed by atoms with E-state index < -0.39 is 5.54 Å². The molecule has 0 spiro atoms. The van der Waals surface area contributed by atoms with Crippen molar-refractivity contribution < 1.29 is 9.59 Å². The van der Waals surface area contributed by atoms with Crippen LogP contribution in [0.2, 0.25) is 0 Å². The molecule has 160 valence electrons. The van der Waals surface area contributed by atoms with E-state index in [0.29, 0.717) is 25.5 Å². The number of nitrogens with zero attached hydrogens (tertiary/aromatic N) is 2. The lowest BCUT2D eigenvalue weighted by molar-refractivity contribution is -0.131. The van der Waals surface area contributed by atoms with E-state index in [0.717, 1.165) is 64.2 Å². The summed E-state index contributed by atoms with van der Waals surface area (Å²) < 4.78 is 0. The molecule has 0 aromatic carbocycles. The van der Waals surface area contributed by atoms with Crippen molar-refractivity contribution in [2.75, 3.05) is 13.1 Å². The molecule has 1 saturated carbocycles. The quantitative estimate of drug-likeness (QED) is 0.415. The highest BCUT2D eigenvalue weighted by Gasteiger charge is 2.46. The summed E-state index contributed by atoms with van der Waals surface area (Å²) in [5.74, 6) is 0.754. The lowest BCUT2D eigenvalue weighted by atomic mass is 9.87. The van der Waals surface area contributed by atoms with Gasteiger partial charge in [-0.3, -0.25) is 14.5 Å². The van der Waals surface area contributed by atoms with Crippen molar-refractivity contribution in [3.05, 3.63) is 0 Å². The van der Waals surface area contributed by atoms with Crippen LogP contribution in [0, 0.1) is 5.92 Å². The average molecular weight is 393 g/mol. The summed E-state index contributed by atoms with van der Waals surface area (Å²) in [5, 5.41) is 3.07. The van der Waals surface area contributed by atoms with Crippen molar-refractivity contribution in [3.8, 4) is 0 Å². The minimum atomic E-state index is -0.653. The molecule has 0 atom stereocenters. The predicted octanol–water partition coefficient (Wildman–Crippen LogP) is 3.74. The van der Waals surface area contributed by atoms with Gasteiger partial charge in [-0.1, -0.05) is 65.2 Å². The third-order valence-electron chi connectivity index (χ3n) is 6.22. The van der Waals surface area contributed by atoms with E-state index in [9.17, 15) is 9.59 Å². The van der Waals surface area contributed by atoms with Gasteiger partial charge in [0, 0.05) is 19.0 Å². The minimum absolute atomic E-state index is 0.0574. The fourth-order valence-corrected chi connectivity index (χ4v) is 4.42.